The zero-order valence-corrected chi connectivity index (χ0v) is 12.5. The minimum atomic E-state index is -0.609. The van der Waals surface area contributed by atoms with E-state index >= 15 is 0 Å². The molecule has 3 rings (SSSR count). The van der Waals surface area contributed by atoms with E-state index in [9.17, 15) is 14.0 Å². The van der Waals surface area contributed by atoms with Crippen molar-refractivity contribution in [2.24, 2.45) is 0 Å². The Morgan fingerprint density at radius 3 is 2.82 bits per heavy atom. The number of nitrogens with zero attached hydrogens (tertiary/aromatic N) is 1. The third kappa shape index (κ3) is 3.10. The number of hydrogen-bond acceptors (Lipinski definition) is 5. The van der Waals surface area contributed by atoms with E-state index < -0.39 is 5.97 Å². The Morgan fingerprint density at radius 2 is 2.09 bits per heavy atom. The summed E-state index contributed by atoms with van der Waals surface area (Å²) in [6, 6.07) is 6.12. The lowest BCUT2D eigenvalue weighted by molar-refractivity contribution is -0.138. The number of benzene rings is 1. The van der Waals surface area contributed by atoms with Crippen molar-refractivity contribution in [1.82, 2.24) is 4.90 Å². The average Bonchev–Trinajstić information content (AvgIpc) is 2.99. The minimum Gasteiger partial charge on any atom is -0.451 e. The molecule has 1 aliphatic heterocycles. The number of fused-ring (bicyclic) bond motifs is 1. The Kier molecular flexibility index (Phi) is 4.35. The molecule has 1 aromatic heterocycles. The molecule has 0 aliphatic carbocycles. The summed E-state index contributed by atoms with van der Waals surface area (Å²) in [5.41, 5.74) is 0. The topological polar surface area (TPSA) is 55.8 Å². The maximum absolute atomic E-state index is 13.6. The number of carbonyl (C=O) groups excluding carboxylic acids is 2. The van der Waals surface area contributed by atoms with E-state index in [-0.39, 0.29) is 23.2 Å². The summed E-state index contributed by atoms with van der Waals surface area (Å²) < 4.78 is 24.5. The maximum atomic E-state index is 13.6. The first-order chi connectivity index (χ1) is 10.6. The van der Waals surface area contributed by atoms with E-state index in [1.165, 1.54) is 12.1 Å². The molecule has 22 heavy (non-hydrogen) atoms. The van der Waals surface area contributed by atoms with Crippen molar-refractivity contribution < 1.29 is 23.5 Å². The van der Waals surface area contributed by atoms with Crippen LogP contribution in [-0.4, -0.2) is 49.7 Å². The van der Waals surface area contributed by atoms with Crippen molar-refractivity contribution >= 4 is 33.3 Å². The Bertz CT molecular complexity index is 709. The van der Waals surface area contributed by atoms with Crippen LogP contribution in [0.2, 0.25) is 0 Å². The quantitative estimate of drug-likeness (QED) is 0.811. The SMILES string of the molecule is O=C(OCC(=O)N1CCOCC1)c1cc2c(F)cccc2s1. The number of halogens is 1. The molecule has 0 bridgehead atoms. The molecule has 0 N–H and O–H groups in total. The lowest BCUT2D eigenvalue weighted by atomic mass is 10.2. The molecule has 0 radical (unpaired) electrons. The van der Waals surface area contributed by atoms with Crippen LogP contribution < -0.4 is 0 Å². The Morgan fingerprint density at radius 1 is 1.32 bits per heavy atom. The highest BCUT2D eigenvalue weighted by Gasteiger charge is 2.20. The van der Waals surface area contributed by atoms with Crippen molar-refractivity contribution in [3.63, 3.8) is 0 Å². The smallest absolute Gasteiger partial charge is 0.348 e. The molecule has 1 aliphatic rings. The highest BCUT2D eigenvalue weighted by atomic mass is 32.1. The molecule has 1 amide bonds. The lowest BCUT2D eigenvalue weighted by Gasteiger charge is -2.26. The molecule has 0 unspecified atom stereocenters. The van der Waals surface area contributed by atoms with Gasteiger partial charge < -0.3 is 14.4 Å². The van der Waals surface area contributed by atoms with Crippen LogP contribution in [0.1, 0.15) is 9.67 Å². The highest BCUT2D eigenvalue weighted by molar-refractivity contribution is 7.20. The maximum Gasteiger partial charge on any atom is 0.348 e. The van der Waals surface area contributed by atoms with Gasteiger partial charge in [-0.2, -0.15) is 0 Å². The molecule has 0 saturated carbocycles. The Hall–Kier alpha value is -1.99. The molecular formula is C15H14FNO4S. The van der Waals surface area contributed by atoms with Crippen LogP contribution >= 0.6 is 11.3 Å². The van der Waals surface area contributed by atoms with Crippen LogP contribution in [-0.2, 0) is 14.3 Å². The first-order valence-electron chi connectivity index (χ1n) is 6.86. The number of ether oxygens (including phenoxy) is 2. The van der Waals surface area contributed by atoms with Gasteiger partial charge in [-0.3, -0.25) is 4.79 Å². The molecule has 1 aromatic carbocycles. The van der Waals surface area contributed by atoms with Gasteiger partial charge in [-0.25, -0.2) is 9.18 Å². The zero-order chi connectivity index (χ0) is 15.5. The number of esters is 1. The van der Waals surface area contributed by atoms with Crippen LogP contribution in [0.4, 0.5) is 4.39 Å². The summed E-state index contributed by atoms with van der Waals surface area (Å²) in [6.45, 7) is 1.69. The second-order valence-corrected chi connectivity index (χ2v) is 5.92. The molecule has 5 nitrogen and oxygen atoms in total. The van der Waals surface area contributed by atoms with Crippen LogP contribution in [0.3, 0.4) is 0 Å². The minimum absolute atomic E-state index is 0.246. The highest BCUT2D eigenvalue weighted by Crippen LogP contribution is 2.28. The third-order valence-corrected chi connectivity index (χ3v) is 4.48. The second kappa shape index (κ2) is 6.41. The summed E-state index contributed by atoms with van der Waals surface area (Å²) in [5, 5.41) is 0.388. The van der Waals surface area contributed by atoms with E-state index in [0.717, 1.165) is 11.3 Å². The lowest BCUT2D eigenvalue weighted by Crippen LogP contribution is -2.42. The van der Waals surface area contributed by atoms with Crippen LogP contribution in [0.25, 0.3) is 10.1 Å². The second-order valence-electron chi connectivity index (χ2n) is 4.83. The Balaban J connectivity index is 1.63. The number of carbonyl (C=O) groups is 2. The van der Waals surface area contributed by atoms with Gasteiger partial charge in [-0.1, -0.05) is 6.07 Å². The Labute approximate surface area is 130 Å². The summed E-state index contributed by atoms with van der Waals surface area (Å²) in [7, 11) is 0. The van der Waals surface area contributed by atoms with E-state index in [1.54, 1.807) is 17.0 Å². The van der Waals surface area contributed by atoms with Gasteiger partial charge in [0.15, 0.2) is 6.61 Å². The van der Waals surface area contributed by atoms with E-state index in [1.807, 2.05) is 0 Å². The number of morpholine rings is 1. The van der Waals surface area contributed by atoms with Crippen LogP contribution in [0.15, 0.2) is 24.3 Å². The number of thiophene rings is 1. The van der Waals surface area contributed by atoms with Crippen molar-refractivity contribution in [2.75, 3.05) is 32.9 Å². The molecule has 0 atom stereocenters. The van der Waals surface area contributed by atoms with Crippen molar-refractivity contribution in [2.45, 2.75) is 0 Å². The number of rotatable bonds is 3. The number of amides is 1. The van der Waals surface area contributed by atoms with E-state index in [4.69, 9.17) is 9.47 Å². The first-order valence-corrected chi connectivity index (χ1v) is 7.67. The first kappa shape index (κ1) is 14.9. The fraction of sp³-hybridized carbons (Fsp3) is 0.333. The van der Waals surface area contributed by atoms with Crippen molar-refractivity contribution in [3.05, 3.63) is 35.0 Å². The largest absolute Gasteiger partial charge is 0.451 e. The zero-order valence-electron chi connectivity index (χ0n) is 11.7. The van der Waals surface area contributed by atoms with Gasteiger partial charge in [0.1, 0.15) is 10.7 Å². The average molecular weight is 323 g/mol. The van der Waals surface area contributed by atoms with Gasteiger partial charge in [-0.15, -0.1) is 11.3 Å². The summed E-state index contributed by atoms with van der Waals surface area (Å²) in [5.74, 6) is -1.23. The molecule has 2 heterocycles. The van der Waals surface area contributed by atoms with Gasteiger partial charge in [0.2, 0.25) is 0 Å². The van der Waals surface area contributed by atoms with Crippen molar-refractivity contribution in [3.8, 4) is 0 Å². The molecular weight excluding hydrogens is 309 g/mol. The molecule has 2 aromatic rings. The standard InChI is InChI=1S/C15H14FNO4S/c16-11-2-1-3-12-10(11)8-13(22-12)15(19)21-9-14(18)17-4-6-20-7-5-17/h1-3,8H,4-7,9H2. The van der Waals surface area contributed by atoms with Gasteiger partial charge >= 0.3 is 5.97 Å². The third-order valence-electron chi connectivity index (χ3n) is 3.40. The van der Waals surface area contributed by atoms with Gasteiger partial charge in [-0.05, 0) is 18.2 Å². The van der Waals surface area contributed by atoms with Gasteiger partial charge in [0.05, 0.1) is 13.2 Å². The number of hydrogen-bond donors (Lipinski definition) is 0. The normalized spacial score (nSPS) is 15.0. The molecule has 7 heteroatoms. The molecule has 116 valence electrons. The summed E-state index contributed by atoms with van der Waals surface area (Å²) >= 11 is 1.15. The van der Waals surface area contributed by atoms with Gasteiger partial charge in [0, 0.05) is 23.2 Å². The van der Waals surface area contributed by atoms with Crippen LogP contribution in [0.5, 0.6) is 0 Å². The van der Waals surface area contributed by atoms with E-state index in [2.05, 4.69) is 0 Å². The fourth-order valence-corrected chi connectivity index (χ4v) is 3.20. The summed E-state index contributed by atoms with van der Waals surface area (Å²) in [4.78, 5) is 25.8. The van der Waals surface area contributed by atoms with Crippen molar-refractivity contribution in [1.29, 1.82) is 0 Å². The molecule has 1 saturated heterocycles. The summed E-state index contributed by atoms with van der Waals surface area (Å²) in [6.07, 6.45) is 0. The monoisotopic (exact) mass is 323 g/mol. The fourth-order valence-electron chi connectivity index (χ4n) is 2.23. The molecule has 1 fully saturated rings. The predicted octanol–water partition coefficient (Wildman–Crippen LogP) is 2.06. The predicted molar refractivity (Wildman–Crippen MR) is 79.5 cm³/mol. The molecule has 0 spiro atoms. The van der Waals surface area contributed by atoms with Gasteiger partial charge in [0.25, 0.3) is 5.91 Å². The van der Waals surface area contributed by atoms with Crippen LogP contribution in [0, 0.1) is 5.82 Å². The van der Waals surface area contributed by atoms with E-state index in [0.29, 0.717) is 36.4 Å².